The zero-order chi connectivity index (χ0) is 17.2. The predicted octanol–water partition coefficient (Wildman–Crippen LogP) is 3.17. The van der Waals surface area contributed by atoms with E-state index in [-0.39, 0.29) is 12.5 Å². The van der Waals surface area contributed by atoms with Gasteiger partial charge < -0.3 is 9.88 Å². The first kappa shape index (κ1) is 15.1. The molecule has 0 radical (unpaired) electrons. The zero-order valence-corrected chi connectivity index (χ0v) is 13.8. The first-order valence-corrected chi connectivity index (χ1v) is 8.01. The molecule has 6 nitrogen and oxygen atoms in total. The van der Waals surface area contributed by atoms with Gasteiger partial charge in [-0.05, 0) is 36.8 Å². The van der Waals surface area contributed by atoms with Gasteiger partial charge in [0.15, 0.2) is 5.82 Å². The van der Waals surface area contributed by atoms with Crippen LogP contribution in [0.5, 0.6) is 0 Å². The Bertz CT molecular complexity index is 1050. The Hall–Kier alpha value is -3.41. The van der Waals surface area contributed by atoms with Crippen LogP contribution >= 0.6 is 0 Å². The maximum Gasteiger partial charge on any atom is 0.245 e. The van der Waals surface area contributed by atoms with Crippen molar-refractivity contribution in [2.75, 3.05) is 5.32 Å². The van der Waals surface area contributed by atoms with E-state index >= 15 is 0 Å². The maximum absolute atomic E-state index is 12.3. The molecule has 124 valence electrons. The average Bonchev–Trinajstić information content (AvgIpc) is 3.23. The Morgan fingerprint density at radius 2 is 2.00 bits per heavy atom. The first-order chi connectivity index (χ1) is 12.2. The van der Waals surface area contributed by atoms with Gasteiger partial charge in [-0.1, -0.05) is 24.3 Å². The standard InChI is InChI=1S/C19H17N5O/c1-14-5-4-6-15(11-14)24-10-9-18(22-24)21-19(25)12-23-13-20-16-7-2-3-8-17(16)23/h2-11,13H,12H2,1H3,(H,21,22,25). The highest BCUT2D eigenvalue weighted by Crippen LogP contribution is 2.14. The van der Waals surface area contributed by atoms with Gasteiger partial charge in [0.25, 0.3) is 0 Å². The number of benzene rings is 2. The van der Waals surface area contributed by atoms with Crippen LogP contribution in [0.4, 0.5) is 5.82 Å². The fourth-order valence-corrected chi connectivity index (χ4v) is 2.78. The zero-order valence-electron chi connectivity index (χ0n) is 13.8. The number of carbonyl (C=O) groups excluding carboxylic acids is 1. The number of nitrogens with zero attached hydrogens (tertiary/aromatic N) is 4. The van der Waals surface area contributed by atoms with Gasteiger partial charge in [-0.2, -0.15) is 5.10 Å². The molecular formula is C19H17N5O. The van der Waals surface area contributed by atoms with Crippen LogP contribution in [0.15, 0.2) is 67.1 Å². The molecule has 0 saturated carbocycles. The Morgan fingerprint density at radius 3 is 2.88 bits per heavy atom. The third-order valence-electron chi connectivity index (χ3n) is 3.96. The molecule has 0 atom stereocenters. The van der Waals surface area contributed by atoms with E-state index in [1.165, 1.54) is 0 Å². The SMILES string of the molecule is Cc1cccc(-n2ccc(NC(=O)Cn3cnc4ccccc43)n2)c1. The van der Waals surface area contributed by atoms with Gasteiger partial charge in [-0.15, -0.1) is 0 Å². The number of nitrogens with one attached hydrogen (secondary N) is 1. The van der Waals surface area contributed by atoms with E-state index in [1.54, 1.807) is 17.1 Å². The number of carbonyl (C=O) groups is 1. The largest absolute Gasteiger partial charge is 0.321 e. The third-order valence-corrected chi connectivity index (χ3v) is 3.96. The van der Waals surface area contributed by atoms with Crippen molar-refractivity contribution >= 4 is 22.8 Å². The van der Waals surface area contributed by atoms with Crippen LogP contribution in [0, 0.1) is 6.92 Å². The summed E-state index contributed by atoms with van der Waals surface area (Å²) in [6.07, 6.45) is 3.51. The third kappa shape index (κ3) is 3.14. The summed E-state index contributed by atoms with van der Waals surface area (Å²) in [6.45, 7) is 2.23. The molecule has 0 aliphatic rings. The van der Waals surface area contributed by atoms with Crippen LogP contribution in [-0.4, -0.2) is 25.2 Å². The molecule has 1 N–H and O–H groups in total. The van der Waals surface area contributed by atoms with Crippen molar-refractivity contribution in [1.82, 2.24) is 19.3 Å². The number of imidazole rings is 1. The van der Waals surface area contributed by atoms with Crippen LogP contribution in [0.1, 0.15) is 5.56 Å². The first-order valence-electron chi connectivity index (χ1n) is 8.01. The van der Waals surface area contributed by atoms with E-state index < -0.39 is 0 Å². The van der Waals surface area contributed by atoms with Crippen molar-refractivity contribution < 1.29 is 4.79 Å². The number of amides is 1. The molecule has 0 bridgehead atoms. The molecular weight excluding hydrogens is 314 g/mol. The van der Waals surface area contributed by atoms with Crippen LogP contribution in [0.2, 0.25) is 0 Å². The normalized spacial score (nSPS) is 10.9. The lowest BCUT2D eigenvalue weighted by Gasteiger charge is -2.05. The van der Waals surface area contributed by atoms with Gasteiger partial charge in [0.05, 0.1) is 23.0 Å². The van der Waals surface area contributed by atoms with Crippen molar-refractivity contribution in [2.24, 2.45) is 0 Å². The second kappa shape index (κ2) is 6.24. The van der Waals surface area contributed by atoms with Crippen LogP contribution in [0.25, 0.3) is 16.7 Å². The van der Waals surface area contributed by atoms with Crippen molar-refractivity contribution in [3.05, 3.63) is 72.7 Å². The monoisotopic (exact) mass is 331 g/mol. The summed E-state index contributed by atoms with van der Waals surface area (Å²) >= 11 is 0. The second-order valence-corrected chi connectivity index (χ2v) is 5.89. The van der Waals surface area contributed by atoms with Gasteiger partial charge in [-0.25, -0.2) is 9.67 Å². The molecule has 0 unspecified atom stereocenters. The van der Waals surface area contributed by atoms with E-state index in [2.05, 4.69) is 15.4 Å². The molecule has 0 spiro atoms. The summed E-state index contributed by atoms with van der Waals surface area (Å²) in [7, 11) is 0. The minimum atomic E-state index is -0.141. The number of anilines is 1. The topological polar surface area (TPSA) is 64.7 Å². The van der Waals surface area contributed by atoms with E-state index in [0.29, 0.717) is 5.82 Å². The molecule has 0 saturated heterocycles. The van der Waals surface area contributed by atoms with Gasteiger partial charge >= 0.3 is 0 Å². The summed E-state index contributed by atoms with van der Waals surface area (Å²) in [5.41, 5.74) is 3.92. The highest BCUT2D eigenvalue weighted by molar-refractivity contribution is 5.90. The van der Waals surface area contributed by atoms with Gasteiger partial charge in [0.2, 0.25) is 5.91 Å². The number of para-hydroxylation sites is 2. The van der Waals surface area contributed by atoms with Crippen molar-refractivity contribution in [2.45, 2.75) is 13.5 Å². The lowest BCUT2D eigenvalue weighted by Crippen LogP contribution is -2.18. The van der Waals surface area contributed by atoms with E-state index in [4.69, 9.17) is 0 Å². The van der Waals surface area contributed by atoms with Crippen molar-refractivity contribution in [3.8, 4) is 5.69 Å². The molecule has 1 amide bonds. The summed E-state index contributed by atoms with van der Waals surface area (Å²) < 4.78 is 3.57. The quantitative estimate of drug-likeness (QED) is 0.625. The molecule has 0 fully saturated rings. The lowest BCUT2D eigenvalue weighted by molar-refractivity contribution is -0.116. The van der Waals surface area contributed by atoms with Crippen LogP contribution in [0.3, 0.4) is 0 Å². The predicted molar refractivity (Wildman–Crippen MR) is 96.7 cm³/mol. The highest BCUT2D eigenvalue weighted by atomic mass is 16.2. The molecule has 4 aromatic rings. The average molecular weight is 331 g/mol. The maximum atomic E-state index is 12.3. The molecule has 0 aliphatic carbocycles. The van der Waals surface area contributed by atoms with Gasteiger partial charge in [0.1, 0.15) is 6.54 Å². The number of fused-ring (bicyclic) bond motifs is 1. The van der Waals surface area contributed by atoms with E-state index in [9.17, 15) is 4.79 Å². The summed E-state index contributed by atoms with van der Waals surface area (Å²) in [5, 5.41) is 7.24. The summed E-state index contributed by atoms with van der Waals surface area (Å²) in [6, 6.07) is 17.5. The second-order valence-electron chi connectivity index (χ2n) is 5.89. The number of aromatic nitrogens is 4. The Labute approximate surface area is 144 Å². The minimum Gasteiger partial charge on any atom is -0.321 e. The number of rotatable bonds is 4. The highest BCUT2D eigenvalue weighted by Gasteiger charge is 2.09. The van der Waals surface area contributed by atoms with Crippen molar-refractivity contribution in [1.29, 1.82) is 0 Å². The molecule has 2 aromatic heterocycles. The Kier molecular flexibility index (Phi) is 3.78. The smallest absolute Gasteiger partial charge is 0.245 e. The fraction of sp³-hybridized carbons (Fsp3) is 0.105. The molecule has 0 aliphatic heterocycles. The Morgan fingerprint density at radius 1 is 1.12 bits per heavy atom. The summed E-state index contributed by atoms with van der Waals surface area (Å²) in [4.78, 5) is 16.6. The van der Waals surface area contributed by atoms with Crippen LogP contribution < -0.4 is 5.32 Å². The van der Waals surface area contributed by atoms with Crippen molar-refractivity contribution in [3.63, 3.8) is 0 Å². The number of hydrogen-bond donors (Lipinski definition) is 1. The Balaban J connectivity index is 1.48. The molecule has 4 rings (SSSR count). The van der Waals surface area contributed by atoms with Gasteiger partial charge in [-0.3, -0.25) is 4.79 Å². The lowest BCUT2D eigenvalue weighted by atomic mass is 10.2. The number of hydrogen-bond acceptors (Lipinski definition) is 3. The molecule has 2 aromatic carbocycles. The van der Waals surface area contributed by atoms with E-state index in [1.807, 2.05) is 66.2 Å². The minimum absolute atomic E-state index is 0.141. The number of aryl methyl sites for hydroxylation is 1. The molecule has 25 heavy (non-hydrogen) atoms. The molecule has 6 heteroatoms. The fourth-order valence-electron chi connectivity index (χ4n) is 2.78. The molecule has 2 heterocycles. The van der Waals surface area contributed by atoms with E-state index in [0.717, 1.165) is 22.3 Å². The van der Waals surface area contributed by atoms with Gasteiger partial charge in [0, 0.05) is 12.3 Å². The summed E-state index contributed by atoms with van der Waals surface area (Å²) in [5.74, 6) is 0.383. The van der Waals surface area contributed by atoms with Crippen LogP contribution in [-0.2, 0) is 11.3 Å².